The minimum absolute atomic E-state index is 0.0426. The molecular weight excluding hydrogens is 309 g/mol. The summed E-state index contributed by atoms with van der Waals surface area (Å²) in [6.45, 7) is 4.35. The molecule has 2 atom stereocenters. The lowest BCUT2D eigenvalue weighted by atomic mass is 10.00. The van der Waals surface area contributed by atoms with Crippen molar-refractivity contribution in [3.05, 3.63) is 16.6 Å². The molecule has 2 rings (SSSR count). The molecule has 1 aliphatic heterocycles. The maximum atomic E-state index is 6.17. The number of alkyl halides is 1. The number of rotatable bonds is 2. The number of hydrogen-bond donors (Lipinski definition) is 0. The molecule has 1 aliphatic rings. The van der Waals surface area contributed by atoms with Crippen molar-refractivity contribution in [3.8, 4) is 0 Å². The first kappa shape index (κ1) is 10.8. The van der Waals surface area contributed by atoms with Crippen molar-refractivity contribution >= 4 is 33.9 Å². The summed E-state index contributed by atoms with van der Waals surface area (Å²) in [4.78, 5) is 4.36. The van der Waals surface area contributed by atoms with Crippen LogP contribution in [0.2, 0.25) is 0 Å². The lowest BCUT2D eigenvalue weighted by Gasteiger charge is -2.27. The Morgan fingerprint density at radius 1 is 1.57 bits per heavy atom. The second kappa shape index (κ2) is 3.72. The first-order valence-corrected chi connectivity index (χ1v) is 7.15. The van der Waals surface area contributed by atoms with E-state index in [0.29, 0.717) is 0 Å². The molecule has 0 aromatic carbocycles. The summed E-state index contributed by atoms with van der Waals surface area (Å²) in [6.07, 6.45) is 4.07. The molecule has 0 saturated carbocycles. The van der Waals surface area contributed by atoms with Gasteiger partial charge in [0.2, 0.25) is 0 Å². The van der Waals surface area contributed by atoms with Crippen LogP contribution in [0.25, 0.3) is 0 Å². The van der Waals surface area contributed by atoms with Gasteiger partial charge in [-0.2, -0.15) is 0 Å². The Kier molecular flexibility index (Phi) is 2.87. The largest absolute Gasteiger partial charge is 0.361 e. The van der Waals surface area contributed by atoms with Crippen LogP contribution in [-0.4, -0.2) is 15.0 Å². The third-order valence-corrected chi connectivity index (χ3v) is 5.40. The van der Waals surface area contributed by atoms with Crippen LogP contribution in [0.1, 0.15) is 31.7 Å². The smallest absolute Gasteiger partial charge is 0.124 e. The van der Waals surface area contributed by atoms with Crippen LogP contribution in [-0.2, 0) is 10.3 Å². The molecule has 2 unspecified atom stereocenters. The summed E-state index contributed by atoms with van der Waals surface area (Å²) in [5.74, 6) is 0. The number of aromatic nitrogens is 1. The quantitative estimate of drug-likeness (QED) is 0.615. The van der Waals surface area contributed by atoms with Gasteiger partial charge in [-0.3, -0.25) is 0 Å². The van der Waals surface area contributed by atoms with Crippen molar-refractivity contribution in [2.45, 2.75) is 37.9 Å². The molecule has 0 bridgehead atoms. The number of nitrogens with zero attached hydrogens (tertiary/aromatic N) is 1. The van der Waals surface area contributed by atoms with Gasteiger partial charge in [0, 0.05) is 16.0 Å². The van der Waals surface area contributed by atoms with Gasteiger partial charge in [-0.25, -0.2) is 4.98 Å². The predicted molar refractivity (Wildman–Crippen MR) is 67.1 cm³/mol. The second-order valence-electron chi connectivity index (χ2n) is 4.25. The van der Waals surface area contributed by atoms with Gasteiger partial charge in [0.15, 0.2) is 0 Å². The van der Waals surface area contributed by atoms with Crippen molar-refractivity contribution in [1.29, 1.82) is 0 Å². The van der Waals surface area contributed by atoms with E-state index in [2.05, 4.69) is 41.4 Å². The maximum absolute atomic E-state index is 6.17. The Morgan fingerprint density at radius 3 is 2.86 bits per heavy atom. The molecule has 14 heavy (non-hydrogen) atoms. The molecule has 0 N–H and O–H groups in total. The summed E-state index contributed by atoms with van der Waals surface area (Å²) >= 11 is 4.09. The van der Waals surface area contributed by atoms with E-state index in [9.17, 15) is 0 Å². The zero-order valence-corrected chi connectivity index (χ0v) is 11.4. The molecule has 2 heterocycles. The highest BCUT2D eigenvalue weighted by molar-refractivity contribution is 14.1. The van der Waals surface area contributed by atoms with Crippen LogP contribution in [0.3, 0.4) is 0 Å². The monoisotopic (exact) mass is 323 g/mol. The minimum atomic E-state index is -0.145. The van der Waals surface area contributed by atoms with Crippen LogP contribution in [0.15, 0.2) is 11.6 Å². The van der Waals surface area contributed by atoms with Gasteiger partial charge in [0.1, 0.15) is 10.6 Å². The minimum Gasteiger partial charge on any atom is -0.361 e. The number of hydrogen-bond acceptors (Lipinski definition) is 3. The number of ether oxygens (including phenoxy) is 1. The van der Waals surface area contributed by atoms with E-state index in [1.165, 1.54) is 0 Å². The summed E-state index contributed by atoms with van der Waals surface area (Å²) in [6, 6.07) is 0. The zero-order chi connectivity index (χ0) is 10.2. The topological polar surface area (TPSA) is 22.1 Å². The maximum Gasteiger partial charge on any atom is 0.124 e. The highest BCUT2D eigenvalue weighted by atomic mass is 127. The fourth-order valence-electron chi connectivity index (χ4n) is 1.88. The van der Waals surface area contributed by atoms with Gasteiger partial charge >= 0.3 is 0 Å². The van der Waals surface area contributed by atoms with Crippen LogP contribution < -0.4 is 0 Å². The molecule has 0 spiro atoms. The predicted octanol–water partition coefficient (Wildman–Crippen LogP) is 3.36. The molecule has 0 amide bonds. The molecule has 1 fully saturated rings. The Hall–Kier alpha value is 0.320. The standard InChI is InChI=1S/C10H14INOS/c1-9(7-11)3-4-10(2,13-9)8-12-5-6-14-8/h5-6H,3-4,7H2,1-2H3. The van der Waals surface area contributed by atoms with E-state index in [0.717, 1.165) is 22.3 Å². The molecule has 0 aliphatic carbocycles. The zero-order valence-electron chi connectivity index (χ0n) is 8.42. The normalized spacial score (nSPS) is 37.6. The van der Waals surface area contributed by atoms with E-state index in [-0.39, 0.29) is 11.2 Å². The van der Waals surface area contributed by atoms with Crippen molar-refractivity contribution in [2.75, 3.05) is 4.43 Å². The van der Waals surface area contributed by atoms with Crippen molar-refractivity contribution < 1.29 is 4.74 Å². The van der Waals surface area contributed by atoms with Crippen LogP contribution >= 0.6 is 33.9 Å². The fourth-order valence-corrected chi connectivity index (χ4v) is 3.18. The van der Waals surface area contributed by atoms with Crippen LogP contribution in [0, 0.1) is 0 Å². The SMILES string of the molecule is CC1(CI)CCC(C)(c2nccs2)O1. The molecular formula is C10H14INOS. The first-order valence-electron chi connectivity index (χ1n) is 4.74. The molecule has 2 nitrogen and oxygen atoms in total. The molecule has 1 saturated heterocycles. The van der Waals surface area contributed by atoms with Gasteiger partial charge in [-0.15, -0.1) is 11.3 Å². The molecule has 0 radical (unpaired) electrons. The van der Waals surface area contributed by atoms with Gasteiger partial charge in [0.05, 0.1) is 5.60 Å². The van der Waals surface area contributed by atoms with Crippen LogP contribution in [0.4, 0.5) is 0 Å². The van der Waals surface area contributed by atoms with E-state index < -0.39 is 0 Å². The van der Waals surface area contributed by atoms with Gasteiger partial charge < -0.3 is 4.74 Å². The summed E-state index contributed by atoms with van der Waals surface area (Å²) in [7, 11) is 0. The average molecular weight is 323 g/mol. The molecule has 4 heteroatoms. The van der Waals surface area contributed by atoms with E-state index >= 15 is 0 Å². The number of thiazole rings is 1. The van der Waals surface area contributed by atoms with E-state index in [1.807, 2.05) is 11.6 Å². The van der Waals surface area contributed by atoms with Gasteiger partial charge in [-0.1, -0.05) is 22.6 Å². The third kappa shape index (κ3) is 1.84. The average Bonchev–Trinajstić information content (AvgIpc) is 2.75. The summed E-state index contributed by atoms with van der Waals surface area (Å²) in [5, 5.41) is 3.13. The first-order chi connectivity index (χ1) is 6.58. The number of halogens is 1. The van der Waals surface area contributed by atoms with Crippen LogP contribution in [0.5, 0.6) is 0 Å². The fraction of sp³-hybridized carbons (Fsp3) is 0.700. The van der Waals surface area contributed by atoms with Crippen molar-refractivity contribution in [3.63, 3.8) is 0 Å². The Morgan fingerprint density at radius 2 is 2.36 bits per heavy atom. The molecule has 1 aromatic rings. The lowest BCUT2D eigenvalue weighted by Crippen LogP contribution is -2.30. The third-order valence-electron chi connectivity index (χ3n) is 2.77. The van der Waals surface area contributed by atoms with Gasteiger partial charge in [0.25, 0.3) is 0 Å². The van der Waals surface area contributed by atoms with E-state index in [4.69, 9.17) is 4.74 Å². The van der Waals surface area contributed by atoms with E-state index in [1.54, 1.807) is 11.3 Å². The highest BCUT2D eigenvalue weighted by Gasteiger charge is 2.45. The second-order valence-corrected chi connectivity index (χ2v) is 5.91. The summed E-state index contributed by atoms with van der Waals surface area (Å²) in [5.41, 5.74) is -0.102. The Balaban J connectivity index is 2.21. The Bertz CT molecular complexity index is 316. The molecule has 1 aromatic heterocycles. The molecule has 78 valence electrons. The van der Waals surface area contributed by atoms with Crippen molar-refractivity contribution in [2.24, 2.45) is 0 Å². The van der Waals surface area contributed by atoms with Gasteiger partial charge in [-0.05, 0) is 26.7 Å². The highest BCUT2D eigenvalue weighted by Crippen LogP contribution is 2.45. The lowest BCUT2D eigenvalue weighted by molar-refractivity contribution is -0.0752. The van der Waals surface area contributed by atoms with Crippen molar-refractivity contribution in [1.82, 2.24) is 4.98 Å². The summed E-state index contributed by atoms with van der Waals surface area (Å²) < 4.78 is 7.22. The Labute approximate surface area is 102 Å².